The van der Waals surface area contributed by atoms with Crippen LogP contribution in [0.5, 0.6) is 0 Å². The molecule has 0 bridgehead atoms. The minimum Gasteiger partial charge on any atom is -0.354 e. The topological polar surface area (TPSA) is 54.3 Å². The van der Waals surface area contributed by atoms with E-state index in [2.05, 4.69) is 28.2 Å². The van der Waals surface area contributed by atoms with E-state index in [1.807, 2.05) is 67.7 Å². The summed E-state index contributed by atoms with van der Waals surface area (Å²) in [7, 11) is 2.00. The first kappa shape index (κ1) is 21.3. The summed E-state index contributed by atoms with van der Waals surface area (Å²) in [6.07, 6.45) is 2.76. The summed E-state index contributed by atoms with van der Waals surface area (Å²) in [6, 6.07) is 23.1. The Labute approximate surface area is 197 Å². The molecular formula is C27H24ClN3O2. The van der Waals surface area contributed by atoms with Crippen molar-refractivity contribution in [2.75, 3.05) is 13.1 Å². The lowest BCUT2D eigenvalue weighted by Crippen LogP contribution is -2.40. The van der Waals surface area contributed by atoms with Gasteiger partial charge < -0.3 is 14.8 Å². The Morgan fingerprint density at radius 1 is 0.970 bits per heavy atom. The van der Waals surface area contributed by atoms with Crippen molar-refractivity contribution in [1.82, 2.24) is 14.8 Å². The molecule has 166 valence electrons. The van der Waals surface area contributed by atoms with Gasteiger partial charge in [0.25, 0.3) is 5.91 Å². The average molecular weight is 458 g/mol. The molecule has 1 aliphatic rings. The van der Waals surface area contributed by atoms with Gasteiger partial charge in [-0.25, -0.2) is 0 Å². The van der Waals surface area contributed by atoms with Crippen LogP contribution in [0.1, 0.15) is 33.1 Å². The van der Waals surface area contributed by atoms with E-state index >= 15 is 0 Å². The molecule has 1 aromatic heterocycles. The summed E-state index contributed by atoms with van der Waals surface area (Å²) in [6.45, 7) is 0.496. The highest BCUT2D eigenvalue weighted by molar-refractivity contribution is 6.30. The molecule has 6 heteroatoms. The summed E-state index contributed by atoms with van der Waals surface area (Å²) < 4.78 is 2.07. The van der Waals surface area contributed by atoms with Gasteiger partial charge in [0.05, 0.1) is 6.04 Å². The molecular weight excluding hydrogens is 434 g/mol. The number of halogens is 1. The second-order valence-corrected chi connectivity index (χ2v) is 8.80. The van der Waals surface area contributed by atoms with E-state index in [9.17, 15) is 9.59 Å². The first-order valence-corrected chi connectivity index (χ1v) is 11.4. The number of carbonyl (C=O) groups excluding carboxylic acids is 2. The number of benzene rings is 3. The van der Waals surface area contributed by atoms with Gasteiger partial charge in [-0.2, -0.15) is 0 Å². The molecule has 0 spiro atoms. The Kier molecular flexibility index (Phi) is 5.65. The normalized spacial score (nSPS) is 15.2. The van der Waals surface area contributed by atoms with Gasteiger partial charge in [-0.15, -0.1) is 0 Å². The van der Waals surface area contributed by atoms with E-state index in [0.29, 0.717) is 23.6 Å². The van der Waals surface area contributed by atoms with Crippen LogP contribution in [0.4, 0.5) is 0 Å². The highest BCUT2D eigenvalue weighted by Gasteiger charge is 2.39. The second kappa shape index (κ2) is 8.75. The molecule has 0 aliphatic carbocycles. The van der Waals surface area contributed by atoms with E-state index in [1.54, 1.807) is 4.90 Å². The number of hydrogen-bond donors (Lipinski definition) is 1. The number of fused-ring (bicyclic) bond motifs is 2. The average Bonchev–Trinajstić information content (AvgIpc) is 3.29. The molecule has 1 atom stereocenters. The Morgan fingerprint density at radius 3 is 2.52 bits per heavy atom. The van der Waals surface area contributed by atoms with Crippen LogP contribution in [0.3, 0.4) is 0 Å². The number of nitrogens with zero attached hydrogens (tertiary/aromatic N) is 2. The van der Waals surface area contributed by atoms with Gasteiger partial charge in [-0.3, -0.25) is 9.59 Å². The predicted octanol–water partition coefficient (Wildman–Crippen LogP) is 4.74. The minimum atomic E-state index is -0.304. The summed E-state index contributed by atoms with van der Waals surface area (Å²) in [5.74, 6) is -0.285. The minimum absolute atomic E-state index is 0.00200. The van der Waals surface area contributed by atoms with Crippen LogP contribution in [-0.2, 0) is 18.3 Å². The maximum atomic E-state index is 13.3. The molecule has 0 radical (unpaired) electrons. The molecule has 2 amide bonds. The van der Waals surface area contributed by atoms with Crippen LogP contribution >= 0.6 is 11.6 Å². The lowest BCUT2D eigenvalue weighted by molar-refractivity contribution is -0.122. The van der Waals surface area contributed by atoms with Gasteiger partial charge in [0.1, 0.15) is 6.54 Å². The molecule has 5 rings (SSSR count). The molecule has 1 N–H and O–H groups in total. The number of aromatic nitrogens is 1. The molecule has 4 aromatic rings. The predicted molar refractivity (Wildman–Crippen MR) is 130 cm³/mol. The maximum Gasteiger partial charge on any atom is 0.255 e. The summed E-state index contributed by atoms with van der Waals surface area (Å²) in [5.41, 5.74) is 4.81. The van der Waals surface area contributed by atoms with Crippen molar-refractivity contribution in [3.63, 3.8) is 0 Å². The van der Waals surface area contributed by atoms with Gasteiger partial charge in [-0.1, -0.05) is 60.1 Å². The number of rotatable bonds is 6. The summed E-state index contributed by atoms with van der Waals surface area (Å²) >= 11 is 5.94. The zero-order chi connectivity index (χ0) is 22.9. The number of hydrogen-bond acceptors (Lipinski definition) is 2. The van der Waals surface area contributed by atoms with E-state index < -0.39 is 0 Å². The molecule has 1 aliphatic heterocycles. The summed E-state index contributed by atoms with van der Waals surface area (Å²) in [4.78, 5) is 27.9. The third-order valence-electron chi connectivity index (χ3n) is 6.24. The van der Waals surface area contributed by atoms with Crippen LogP contribution in [0.25, 0.3) is 10.9 Å². The Morgan fingerprint density at radius 2 is 1.70 bits per heavy atom. The molecule has 3 aromatic carbocycles. The lowest BCUT2D eigenvalue weighted by Gasteiger charge is -2.25. The molecule has 0 saturated heterocycles. The zero-order valence-electron chi connectivity index (χ0n) is 18.3. The van der Waals surface area contributed by atoms with Crippen LogP contribution in [-0.4, -0.2) is 34.4 Å². The maximum absolute atomic E-state index is 13.3. The zero-order valence-corrected chi connectivity index (χ0v) is 19.0. The summed E-state index contributed by atoms with van der Waals surface area (Å²) in [5, 5.41) is 4.74. The Balaban J connectivity index is 1.39. The smallest absolute Gasteiger partial charge is 0.255 e. The molecule has 0 unspecified atom stereocenters. The number of carbonyl (C=O) groups is 2. The van der Waals surface area contributed by atoms with Crippen molar-refractivity contribution in [3.05, 3.63) is 106 Å². The van der Waals surface area contributed by atoms with E-state index in [-0.39, 0.29) is 24.4 Å². The van der Waals surface area contributed by atoms with E-state index in [1.165, 1.54) is 0 Å². The molecule has 5 nitrogen and oxygen atoms in total. The van der Waals surface area contributed by atoms with Crippen molar-refractivity contribution in [2.24, 2.45) is 7.05 Å². The molecule has 33 heavy (non-hydrogen) atoms. The number of nitrogens with one attached hydrogen (secondary N) is 1. The first-order valence-electron chi connectivity index (χ1n) is 11.0. The molecule has 0 saturated carbocycles. The highest BCUT2D eigenvalue weighted by atomic mass is 35.5. The van der Waals surface area contributed by atoms with E-state index in [0.717, 1.165) is 27.6 Å². The van der Waals surface area contributed by atoms with Gasteiger partial charge in [-0.05, 0) is 41.8 Å². The van der Waals surface area contributed by atoms with Crippen molar-refractivity contribution < 1.29 is 9.59 Å². The van der Waals surface area contributed by atoms with Gasteiger partial charge >= 0.3 is 0 Å². The fourth-order valence-corrected chi connectivity index (χ4v) is 4.79. The van der Waals surface area contributed by atoms with Crippen LogP contribution in [0, 0.1) is 0 Å². The van der Waals surface area contributed by atoms with Crippen LogP contribution in [0.15, 0.2) is 79.0 Å². The number of amides is 2. The second-order valence-electron chi connectivity index (χ2n) is 8.36. The Hall–Kier alpha value is -3.57. The monoisotopic (exact) mass is 457 g/mol. The molecule has 0 fully saturated rings. The van der Waals surface area contributed by atoms with Crippen molar-refractivity contribution in [2.45, 2.75) is 12.5 Å². The third kappa shape index (κ3) is 4.00. The number of para-hydroxylation sites is 1. The van der Waals surface area contributed by atoms with Gasteiger partial charge in [0, 0.05) is 46.8 Å². The largest absolute Gasteiger partial charge is 0.354 e. The first-order chi connectivity index (χ1) is 16.0. The third-order valence-corrected chi connectivity index (χ3v) is 6.50. The SMILES string of the molecule is Cn1cc([C@@H]2c3ccccc3C(=O)N2CC(=O)NCCc2ccc(Cl)cc2)c2ccccc21. The van der Waals surface area contributed by atoms with Gasteiger partial charge in [0.2, 0.25) is 5.91 Å². The Bertz CT molecular complexity index is 1340. The van der Waals surface area contributed by atoms with Gasteiger partial charge in [0.15, 0.2) is 0 Å². The quantitative estimate of drug-likeness (QED) is 0.455. The highest BCUT2D eigenvalue weighted by Crippen LogP contribution is 2.41. The lowest BCUT2D eigenvalue weighted by atomic mass is 9.97. The van der Waals surface area contributed by atoms with Crippen LogP contribution in [0.2, 0.25) is 5.02 Å². The van der Waals surface area contributed by atoms with Crippen LogP contribution < -0.4 is 5.32 Å². The number of aryl methyl sites for hydroxylation is 1. The molecule has 2 heterocycles. The van der Waals surface area contributed by atoms with E-state index in [4.69, 9.17) is 11.6 Å². The standard InChI is InChI=1S/C27H24ClN3O2/c1-30-16-23(20-6-4-5-9-24(20)30)26-21-7-2-3-8-22(21)27(33)31(26)17-25(32)29-15-14-18-10-12-19(28)13-11-18/h2-13,16,26H,14-15,17H2,1H3,(H,29,32)/t26-/m0/s1. The van der Waals surface area contributed by atoms with Crippen molar-refractivity contribution in [1.29, 1.82) is 0 Å². The van der Waals surface area contributed by atoms with Crippen molar-refractivity contribution >= 4 is 34.3 Å². The van der Waals surface area contributed by atoms with Crippen molar-refractivity contribution in [3.8, 4) is 0 Å². The fraction of sp³-hybridized carbons (Fsp3) is 0.185. The fourth-order valence-electron chi connectivity index (χ4n) is 4.67.